The Balaban J connectivity index is 4.06. The Morgan fingerprint density at radius 2 is 2.00 bits per heavy atom. The van der Waals surface area contributed by atoms with Crippen molar-refractivity contribution < 1.29 is 26.7 Å². The maximum absolute atomic E-state index is 9.98. The van der Waals surface area contributed by atoms with Crippen molar-refractivity contribution >= 4 is 16.6 Å². The summed E-state index contributed by atoms with van der Waals surface area (Å²) in [6.45, 7) is 0. The molecule has 0 unspecified atom stereocenters. The molecule has 54 valence electrons. The minimum atomic E-state index is -4.32. The van der Waals surface area contributed by atoms with Crippen LogP contribution in [0.4, 0.5) is 4.79 Å². The first-order valence-electron chi connectivity index (χ1n) is 1.71. The highest BCUT2D eigenvalue weighted by atomic mass is 32.3. The Bertz CT molecular complexity index is 189. The fraction of sp³-hybridized carbons (Fsp3) is 0.500. The summed E-state index contributed by atoms with van der Waals surface area (Å²) >= 11 is 0. The van der Waals surface area contributed by atoms with Gasteiger partial charge in [0.05, 0.1) is 7.11 Å². The van der Waals surface area contributed by atoms with Crippen molar-refractivity contribution in [2.24, 2.45) is 0 Å². The van der Waals surface area contributed by atoms with Crippen LogP contribution in [0.2, 0.25) is 0 Å². The van der Waals surface area contributed by atoms with Gasteiger partial charge in [-0.1, -0.05) is 0 Å². The third-order valence-electron chi connectivity index (χ3n) is 0.377. The number of hydrogen-bond acceptors (Lipinski definition) is 5. The summed E-state index contributed by atoms with van der Waals surface area (Å²) in [7, 11) is -3.53. The van der Waals surface area contributed by atoms with Gasteiger partial charge in [-0.3, -0.25) is 4.18 Å². The smallest absolute Gasteiger partial charge is 0.449 e. The van der Waals surface area contributed by atoms with Crippen LogP contribution in [0, 0.1) is 0 Å². The Morgan fingerprint density at radius 1 is 1.56 bits per heavy atom. The van der Waals surface area contributed by atoms with E-state index in [0.717, 1.165) is 7.11 Å². The Labute approximate surface area is 51.3 Å². The third-order valence-corrected chi connectivity index (χ3v) is 1.13. The van der Waals surface area contributed by atoms with Crippen molar-refractivity contribution in [3.05, 3.63) is 0 Å². The summed E-state index contributed by atoms with van der Waals surface area (Å²) in [6.07, 6.45) is -1.92. The number of hydrogen-bond donors (Lipinski definition) is 1. The minimum Gasteiger partial charge on any atom is -0.449 e. The molecule has 0 saturated carbocycles. The van der Waals surface area contributed by atoms with Gasteiger partial charge in [0.1, 0.15) is 0 Å². The molecule has 0 atom stereocenters. The largest absolute Gasteiger partial charge is 0.523 e. The Morgan fingerprint density at radius 3 is 2.11 bits per heavy atom. The maximum atomic E-state index is 9.98. The van der Waals surface area contributed by atoms with Crippen LogP contribution in [0.1, 0.15) is 0 Å². The first kappa shape index (κ1) is 8.18. The average molecular weight is 156 g/mol. The fourth-order valence-electron chi connectivity index (χ4n) is 0.121. The monoisotopic (exact) mass is 156 g/mol. The van der Waals surface area contributed by atoms with Crippen molar-refractivity contribution in [3.63, 3.8) is 0 Å². The van der Waals surface area contributed by atoms with Crippen LogP contribution in [0.5, 0.6) is 0 Å². The zero-order chi connectivity index (χ0) is 7.49. The molecule has 0 spiro atoms. The zero-order valence-electron chi connectivity index (χ0n) is 4.40. The molecule has 7 heteroatoms. The van der Waals surface area contributed by atoms with E-state index in [-0.39, 0.29) is 0 Å². The Hall–Kier alpha value is -0.820. The van der Waals surface area contributed by atoms with Crippen LogP contribution < -0.4 is 0 Å². The van der Waals surface area contributed by atoms with Crippen LogP contribution in [0.25, 0.3) is 0 Å². The molecule has 0 aromatic carbocycles. The van der Waals surface area contributed by atoms with E-state index in [1.165, 1.54) is 0 Å². The van der Waals surface area contributed by atoms with Gasteiger partial charge in [-0.15, -0.1) is 0 Å². The minimum absolute atomic E-state index is 0.790. The molecule has 0 amide bonds. The van der Waals surface area contributed by atoms with E-state index in [0.29, 0.717) is 0 Å². The van der Waals surface area contributed by atoms with E-state index < -0.39 is 16.6 Å². The second kappa shape index (κ2) is 2.65. The lowest BCUT2D eigenvalue weighted by Gasteiger charge is -1.94. The average Bonchev–Trinajstić information content (AvgIpc) is 1.63. The topological polar surface area (TPSA) is 89.9 Å². The lowest BCUT2D eigenvalue weighted by Crippen LogP contribution is -2.11. The summed E-state index contributed by atoms with van der Waals surface area (Å²) in [5.41, 5.74) is 0. The fourth-order valence-corrected chi connectivity index (χ4v) is 0.364. The van der Waals surface area contributed by atoms with Gasteiger partial charge in [0.25, 0.3) is 0 Å². The van der Waals surface area contributed by atoms with Gasteiger partial charge in [-0.25, -0.2) is 8.98 Å². The van der Waals surface area contributed by atoms with Gasteiger partial charge < -0.3 is 5.11 Å². The highest BCUT2D eigenvalue weighted by Crippen LogP contribution is 1.91. The van der Waals surface area contributed by atoms with Gasteiger partial charge >= 0.3 is 16.6 Å². The van der Waals surface area contributed by atoms with Crippen molar-refractivity contribution in [1.82, 2.24) is 0 Å². The molecule has 0 aromatic heterocycles. The molecule has 0 aliphatic heterocycles. The first-order chi connectivity index (χ1) is 3.98. The molecule has 0 fully saturated rings. The molecule has 0 aliphatic rings. The number of carbonyl (C=O) groups is 1. The van der Waals surface area contributed by atoms with E-state index >= 15 is 0 Å². The van der Waals surface area contributed by atoms with Gasteiger partial charge in [-0.2, -0.15) is 8.42 Å². The molecule has 1 N–H and O–H groups in total. The molecular formula is C2H4O6S. The van der Waals surface area contributed by atoms with Crippen molar-refractivity contribution in [2.75, 3.05) is 7.11 Å². The molecule has 0 bridgehead atoms. The van der Waals surface area contributed by atoms with Crippen LogP contribution >= 0.6 is 0 Å². The maximum Gasteiger partial charge on any atom is 0.523 e. The molecule has 6 nitrogen and oxygen atoms in total. The molecular weight excluding hydrogens is 152 g/mol. The molecule has 0 heterocycles. The highest BCUT2D eigenvalue weighted by Gasteiger charge is 2.13. The normalized spacial score (nSPS) is 10.8. The lowest BCUT2D eigenvalue weighted by molar-refractivity contribution is 0.138. The van der Waals surface area contributed by atoms with Crippen molar-refractivity contribution in [1.29, 1.82) is 0 Å². The van der Waals surface area contributed by atoms with Crippen molar-refractivity contribution in [3.8, 4) is 0 Å². The summed E-state index contributed by atoms with van der Waals surface area (Å²) in [6, 6.07) is 0. The van der Waals surface area contributed by atoms with E-state index in [2.05, 4.69) is 8.37 Å². The van der Waals surface area contributed by atoms with Crippen molar-refractivity contribution in [2.45, 2.75) is 0 Å². The van der Waals surface area contributed by atoms with Crippen LogP contribution in [0.15, 0.2) is 0 Å². The summed E-state index contributed by atoms with van der Waals surface area (Å²) in [5, 5.41) is 7.70. The molecule has 0 radical (unpaired) electrons. The van der Waals surface area contributed by atoms with Crippen LogP contribution in [-0.4, -0.2) is 26.8 Å². The van der Waals surface area contributed by atoms with E-state index in [9.17, 15) is 13.2 Å². The predicted molar refractivity (Wildman–Crippen MR) is 25.0 cm³/mol. The van der Waals surface area contributed by atoms with Crippen LogP contribution in [-0.2, 0) is 18.8 Å². The third kappa shape index (κ3) is 3.74. The van der Waals surface area contributed by atoms with Gasteiger partial charge in [0.15, 0.2) is 0 Å². The quantitative estimate of drug-likeness (QED) is 0.583. The second-order valence-corrected chi connectivity index (χ2v) is 2.24. The summed E-state index contributed by atoms with van der Waals surface area (Å²) in [4.78, 5) is 9.49. The lowest BCUT2D eigenvalue weighted by atomic mass is 11.5. The molecule has 0 aliphatic carbocycles. The van der Waals surface area contributed by atoms with E-state index in [1.54, 1.807) is 0 Å². The number of rotatable bonds is 2. The second-order valence-electron chi connectivity index (χ2n) is 0.924. The molecule has 9 heavy (non-hydrogen) atoms. The number of carboxylic acid groups (broad SMARTS) is 1. The SMILES string of the molecule is COS(=O)(=O)OC(=O)O. The molecule has 0 aromatic rings. The predicted octanol–water partition coefficient (Wildman–Crippen LogP) is -0.428. The first-order valence-corrected chi connectivity index (χ1v) is 3.04. The molecule has 0 rings (SSSR count). The Kier molecular flexibility index (Phi) is 2.41. The van der Waals surface area contributed by atoms with Crippen LogP contribution in [0.3, 0.4) is 0 Å². The highest BCUT2D eigenvalue weighted by molar-refractivity contribution is 7.82. The van der Waals surface area contributed by atoms with Gasteiger partial charge in [0.2, 0.25) is 0 Å². The molecule has 0 saturated heterocycles. The van der Waals surface area contributed by atoms with Gasteiger partial charge in [-0.05, 0) is 0 Å². The zero-order valence-corrected chi connectivity index (χ0v) is 5.21. The van der Waals surface area contributed by atoms with E-state index in [1.807, 2.05) is 0 Å². The standard InChI is InChI=1S/C2H4O6S/c1-7-9(5,6)8-2(3)4/h1H3,(H,3,4). The van der Waals surface area contributed by atoms with Gasteiger partial charge in [0, 0.05) is 0 Å². The van der Waals surface area contributed by atoms with E-state index in [4.69, 9.17) is 5.11 Å². The summed E-state index contributed by atoms with van der Waals surface area (Å²) in [5.74, 6) is 0. The summed E-state index contributed by atoms with van der Waals surface area (Å²) < 4.78 is 26.8.